The molecule has 4 heteroatoms. The summed E-state index contributed by atoms with van der Waals surface area (Å²) in [4.78, 5) is 1.33. The summed E-state index contributed by atoms with van der Waals surface area (Å²) in [6.45, 7) is 1.93. The van der Waals surface area contributed by atoms with Crippen LogP contribution in [0.2, 0.25) is 0 Å². The maximum absolute atomic E-state index is 12.0. The van der Waals surface area contributed by atoms with E-state index in [1.54, 1.807) is 29.7 Å². The van der Waals surface area contributed by atoms with Crippen molar-refractivity contribution in [3.63, 3.8) is 0 Å². The summed E-state index contributed by atoms with van der Waals surface area (Å²) in [6, 6.07) is 16.5. The van der Waals surface area contributed by atoms with E-state index in [0.29, 0.717) is 4.90 Å². The Hall–Kier alpha value is -1.52. The number of sulfone groups is 1. The fourth-order valence-corrected chi connectivity index (χ4v) is 3.44. The van der Waals surface area contributed by atoms with Gasteiger partial charge in [0, 0.05) is 10.3 Å². The van der Waals surface area contributed by atoms with Gasteiger partial charge in [0.05, 0.1) is 4.90 Å². The summed E-state index contributed by atoms with van der Waals surface area (Å²) in [5.41, 5.74) is 1.04. The molecule has 0 N–H and O–H groups in total. The van der Waals surface area contributed by atoms with Crippen LogP contribution in [0, 0.1) is 6.92 Å². The zero-order valence-corrected chi connectivity index (χ0v) is 12.1. The van der Waals surface area contributed by atoms with E-state index in [1.165, 1.54) is 17.2 Å². The molecule has 0 unspecified atom stereocenters. The van der Waals surface area contributed by atoms with E-state index in [0.717, 1.165) is 10.5 Å². The van der Waals surface area contributed by atoms with Crippen LogP contribution in [0.15, 0.2) is 75.2 Å². The SMILES string of the molecule is Cc1ccc(S(=O)(=O)C=CSc2ccccc2)cc1. The first-order valence-corrected chi connectivity index (χ1v) is 8.20. The van der Waals surface area contributed by atoms with E-state index in [4.69, 9.17) is 0 Å². The molecule has 2 nitrogen and oxygen atoms in total. The topological polar surface area (TPSA) is 34.1 Å². The number of rotatable bonds is 4. The highest BCUT2D eigenvalue weighted by molar-refractivity contribution is 8.03. The zero-order valence-electron chi connectivity index (χ0n) is 10.5. The lowest BCUT2D eigenvalue weighted by atomic mass is 10.2. The molecular weight excluding hydrogens is 276 g/mol. The van der Waals surface area contributed by atoms with Crippen LogP contribution in [0.25, 0.3) is 0 Å². The largest absolute Gasteiger partial charge is 0.219 e. The second-order valence-electron chi connectivity index (χ2n) is 4.06. The number of aryl methyl sites for hydroxylation is 1. The third-order valence-corrected chi connectivity index (χ3v) is 4.94. The summed E-state index contributed by atoms with van der Waals surface area (Å²) >= 11 is 1.39. The van der Waals surface area contributed by atoms with Crippen molar-refractivity contribution >= 4 is 21.6 Å². The normalized spacial score (nSPS) is 11.8. The van der Waals surface area contributed by atoms with Crippen molar-refractivity contribution in [2.75, 3.05) is 0 Å². The van der Waals surface area contributed by atoms with E-state index in [9.17, 15) is 8.42 Å². The molecule has 0 atom stereocenters. The van der Waals surface area contributed by atoms with Crippen molar-refractivity contribution in [1.29, 1.82) is 0 Å². The van der Waals surface area contributed by atoms with Gasteiger partial charge in [-0.3, -0.25) is 0 Å². The van der Waals surface area contributed by atoms with Crippen molar-refractivity contribution in [2.45, 2.75) is 16.7 Å². The zero-order chi connectivity index (χ0) is 13.7. The summed E-state index contributed by atoms with van der Waals surface area (Å²) in [5.74, 6) is 0. The predicted octanol–water partition coefficient (Wildman–Crippen LogP) is 4.03. The lowest BCUT2D eigenvalue weighted by Crippen LogP contribution is -1.95. The first kappa shape index (κ1) is 13.9. The first-order valence-electron chi connectivity index (χ1n) is 5.78. The molecular formula is C15H14O2S2. The van der Waals surface area contributed by atoms with E-state index in [1.807, 2.05) is 37.3 Å². The summed E-state index contributed by atoms with van der Waals surface area (Å²) in [5, 5.41) is 2.85. The van der Waals surface area contributed by atoms with E-state index in [-0.39, 0.29) is 0 Å². The molecule has 0 spiro atoms. The molecule has 0 saturated heterocycles. The van der Waals surface area contributed by atoms with Crippen molar-refractivity contribution < 1.29 is 8.42 Å². The van der Waals surface area contributed by atoms with Crippen LogP contribution in [0.1, 0.15) is 5.56 Å². The minimum absolute atomic E-state index is 0.322. The van der Waals surface area contributed by atoms with Crippen LogP contribution in [0.4, 0.5) is 0 Å². The van der Waals surface area contributed by atoms with E-state index >= 15 is 0 Å². The Labute approximate surface area is 118 Å². The molecule has 0 bridgehead atoms. The summed E-state index contributed by atoms with van der Waals surface area (Å²) < 4.78 is 24.1. The number of thioether (sulfide) groups is 1. The fraction of sp³-hybridized carbons (Fsp3) is 0.0667. The highest BCUT2D eigenvalue weighted by Crippen LogP contribution is 2.20. The molecule has 2 aromatic rings. The molecule has 0 radical (unpaired) electrons. The molecule has 2 aromatic carbocycles. The van der Waals surface area contributed by atoms with Crippen molar-refractivity contribution in [2.24, 2.45) is 0 Å². The number of hydrogen-bond donors (Lipinski definition) is 0. The third kappa shape index (κ3) is 3.98. The smallest absolute Gasteiger partial charge is 0.200 e. The monoisotopic (exact) mass is 290 g/mol. The Balaban J connectivity index is 2.11. The van der Waals surface area contributed by atoms with Crippen LogP contribution in [0.3, 0.4) is 0 Å². The Kier molecular flexibility index (Phi) is 4.45. The van der Waals surface area contributed by atoms with Gasteiger partial charge < -0.3 is 0 Å². The average molecular weight is 290 g/mol. The highest BCUT2D eigenvalue weighted by atomic mass is 32.2. The molecule has 2 rings (SSSR count). The van der Waals surface area contributed by atoms with Crippen LogP contribution in [-0.2, 0) is 9.84 Å². The third-order valence-electron chi connectivity index (χ3n) is 2.53. The molecule has 0 aliphatic heterocycles. The van der Waals surface area contributed by atoms with E-state index in [2.05, 4.69) is 0 Å². The van der Waals surface area contributed by atoms with Gasteiger partial charge in [-0.05, 0) is 36.6 Å². The Bertz CT molecular complexity index is 657. The molecule has 0 aromatic heterocycles. The van der Waals surface area contributed by atoms with Crippen molar-refractivity contribution in [3.8, 4) is 0 Å². The predicted molar refractivity (Wildman–Crippen MR) is 79.8 cm³/mol. The minimum atomic E-state index is -3.35. The van der Waals surface area contributed by atoms with Crippen LogP contribution in [0.5, 0.6) is 0 Å². The van der Waals surface area contributed by atoms with Gasteiger partial charge in [-0.2, -0.15) is 0 Å². The molecule has 98 valence electrons. The van der Waals surface area contributed by atoms with Gasteiger partial charge in [0.25, 0.3) is 0 Å². The highest BCUT2D eigenvalue weighted by Gasteiger charge is 2.09. The molecule has 0 saturated carbocycles. The van der Waals surface area contributed by atoms with E-state index < -0.39 is 9.84 Å². The second-order valence-corrected chi connectivity index (χ2v) is 6.87. The van der Waals surface area contributed by atoms with Crippen LogP contribution in [-0.4, -0.2) is 8.42 Å². The summed E-state index contributed by atoms with van der Waals surface area (Å²) in [6.07, 6.45) is 0. The van der Waals surface area contributed by atoms with Crippen LogP contribution < -0.4 is 0 Å². The lowest BCUT2D eigenvalue weighted by molar-refractivity contribution is 0.604. The average Bonchev–Trinajstić information content (AvgIpc) is 2.40. The Morgan fingerprint density at radius 3 is 2.21 bits per heavy atom. The quantitative estimate of drug-likeness (QED) is 0.797. The lowest BCUT2D eigenvalue weighted by Gasteiger charge is -1.99. The van der Waals surface area contributed by atoms with Crippen LogP contribution >= 0.6 is 11.8 Å². The summed E-state index contributed by atoms with van der Waals surface area (Å²) in [7, 11) is -3.35. The van der Waals surface area contributed by atoms with Gasteiger partial charge in [-0.25, -0.2) is 8.42 Å². The molecule has 0 heterocycles. The van der Waals surface area contributed by atoms with Gasteiger partial charge >= 0.3 is 0 Å². The fourth-order valence-electron chi connectivity index (χ4n) is 1.49. The molecule has 0 aliphatic carbocycles. The maximum atomic E-state index is 12.0. The maximum Gasteiger partial charge on any atom is 0.200 e. The van der Waals surface area contributed by atoms with Gasteiger partial charge in [0.1, 0.15) is 0 Å². The Morgan fingerprint density at radius 2 is 1.58 bits per heavy atom. The molecule has 0 aliphatic rings. The standard InChI is InChI=1S/C15H14O2S2/c1-13-7-9-15(10-8-13)19(16,17)12-11-18-14-5-3-2-4-6-14/h2-12H,1H3. The Morgan fingerprint density at radius 1 is 0.947 bits per heavy atom. The number of hydrogen-bond acceptors (Lipinski definition) is 3. The van der Waals surface area contributed by atoms with Gasteiger partial charge in [-0.1, -0.05) is 47.7 Å². The second kappa shape index (κ2) is 6.08. The van der Waals surface area contributed by atoms with Crippen molar-refractivity contribution in [1.82, 2.24) is 0 Å². The molecule has 0 fully saturated rings. The van der Waals surface area contributed by atoms with Gasteiger partial charge in [0.2, 0.25) is 0 Å². The van der Waals surface area contributed by atoms with Gasteiger partial charge in [-0.15, -0.1) is 0 Å². The first-order chi connectivity index (χ1) is 9.08. The molecule has 0 amide bonds. The van der Waals surface area contributed by atoms with Gasteiger partial charge in [0.15, 0.2) is 9.84 Å². The minimum Gasteiger partial charge on any atom is -0.219 e. The molecule has 19 heavy (non-hydrogen) atoms. The van der Waals surface area contributed by atoms with Crippen molar-refractivity contribution in [3.05, 3.63) is 71.0 Å². The number of benzene rings is 2.